The van der Waals surface area contributed by atoms with Gasteiger partial charge in [-0.15, -0.1) is 11.3 Å². The molecule has 2 fully saturated rings. The fourth-order valence-electron chi connectivity index (χ4n) is 4.58. The van der Waals surface area contributed by atoms with Crippen LogP contribution in [0.15, 0.2) is 40.6 Å². The highest BCUT2D eigenvalue weighted by Gasteiger charge is 2.33. The summed E-state index contributed by atoms with van der Waals surface area (Å²) >= 11 is 1.12. The van der Waals surface area contributed by atoms with Gasteiger partial charge in [0.15, 0.2) is 0 Å². The highest BCUT2D eigenvalue weighted by atomic mass is 32.2. The molecule has 1 aromatic heterocycles. The van der Waals surface area contributed by atoms with Crippen LogP contribution in [0.25, 0.3) is 0 Å². The Hall–Kier alpha value is -2.39. The molecule has 2 amide bonds. The summed E-state index contributed by atoms with van der Waals surface area (Å²) in [4.78, 5) is 27.9. The van der Waals surface area contributed by atoms with Gasteiger partial charge in [0.1, 0.15) is 9.77 Å². The second-order valence-corrected chi connectivity index (χ2v) is 11.6. The second-order valence-electron chi connectivity index (χ2n) is 9.02. The molecule has 1 saturated heterocycles. The summed E-state index contributed by atoms with van der Waals surface area (Å²) in [6, 6.07) is 8.74. The number of hydrogen-bond donors (Lipinski definition) is 2. The summed E-state index contributed by atoms with van der Waals surface area (Å²) in [7, 11) is -3.91. The molecule has 9 heteroatoms. The van der Waals surface area contributed by atoms with Crippen LogP contribution in [-0.2, 0) is 14.8 Å². The summed E-state index contributed by atoms with van der Waals surface area (Å²) in [5.74, 6) is -0.570. The van der Waals surface area contributed by atoms with Crippen molar-refractivity contribution < 1.29 is 18.0 Å². The maximum atomic E-state index is 13.3. The van der Waals surface area contributed by atoms with Crippen LogP contribution in [0.3, 0.4) is 0 Å². The van der Waals surface area contributed by atoms with Gasteiger partial charge in [-0.3, -0.25) is 14.3 Å². The number of hydrogen-bond acceptors (Lipinski definition) is 5. The maximum absolute atomic E-state index is 13.3. The van der Waals surface area contributed by atoms with E-state index in [0.29, 0.717) is 18.8 Å². The molecule has 178 valence electrons. The van der Waals surface area contributed by atoms with Crippen LogP contribution in [0.4, 0.5) is 5.69 Å². The molecule has 1 saturated carbocycles. The minimum Gasteiger partial charge on any atom is -0.353 e. The largest absolute Gasteiger partial charge is 0.353 e. The minimum atomic E-state index is -3.91. The lowest BCUT2D eigenvalue weighted by atomic mass is 9.93. The number of benzene rings is 1. The van der Waals surface area contributed by atoms with Gasteiger partial charge >= 0.3 is 0 Å². The van der Waals surface area contributed by atoms with Gasteiger partial charge in [-0.05, 0) is 56.2 Å². The Morgan fingerprint density at radius 3 is 2.45 bits per heavy atom. The third-order valence-electron chi connectivity index (χ3n) is 6.45. The van der Waals surface area contributed by atoms with E-state index in [1.165, 1.54) is 12.5 Å². The molecule has 1 unspecified atom stereocenters. The van der Waals surface area contributed by atoms with Gasteiger partial charge in [-0.2, -0.15) is 0 Å². The van der Waals surface area contributed by atoms with E-state index in [0.717, 1.165) is 55.4 Å². The van der Waals surface area contributed by atoms with Crippen LogP contribution in [0, 0.1) is 12.8 Å². The number of carbonyl (C=O) groups is 2. The van der Waals surface area contributed by atoms with E-state index in [2.05, 4.69) is 10.0 Å². The lowest BCUT2D eigenvalue weighted by Gasteiger charge is -2.33. The van der Waals surface area contributed by atoms with Crippen molar-refractivity contribution in [2.45, 2.75) is 62.8 Å². The Morgan fingerprint density at radius 1 is 1.00 bits per heavy atom. The van der Waals surface area contributed by atoms with Gasteiger partial charge < -0.3 is 10.2 Å². The third kappa shape index (κ3) is 5.76. The molecule has 1 aliphatic heterocycles. The molecule has 1 atom stereocenters. The van der Waals surface area contributed by atoms with Crippen molar-refractivity contribution in [2.75, 3.05) is 17.8 Å². The van der Waals surface area contributed by atoms with Crippen molar-refractivity contribution in [1.29, 1.82) is 0 Å². The fourth-order valence-corrected chi connectivity index (χ4v) is 7.03. The van der Waals surface area contributed by atoms with Gasteiger partial charge in [0.25, 0.3) is 15.9 Å². The van der Waals surface area contributed by atoms with Crippen LogP contribution in [0.5, 0.6) is 0 Å². The van der Waals surface area contributed by atoms with Crippen molar-refractivity contribution in [2.24, 2.45) is 5.92 Å². The smallest absolute Gasteiger partial charge is 0.265 e. The van der Waals surface area contributed by atoms with Crippen LogP contribution in [0.2, 0.25) is 0 Å². The maximum Gasteiger partial charge on any atom is 0.265 e. The number of nitrogens with one attached hydrogen (secondary N) is 2. The van der Waals surface area contributed by atoms with E-state index in [9.17, 15) is 18.0 Å². The average Bonchev–Trinajstić information content (AvgIpc) is 3.32. The van der Waals surface area contributed by atoms with E-state index in [4.69, 9.17) is 0 Å². The summed E-state index contributed by atoms with van der Waals surface area (Å²) in [6.45, 7) is 2.77. The first-order chi connectivity index (χ1) is 15.8. The highest BCUT2D eigenvalue weighted by Crippen LogP contribution is 2.28. The van der Waals surface area contributed by atoms with Gasteiger partial charge in [-0.25, -0.2) is 8.42 Å². The summed E-state index contributed by atoms with van der Waals surface area (Å²) in [5.41, 5.74) is 1.47. The zero-order valence-corrected chi connectivity index (χ0v) is 20.5. The quantitative estimate of drug-likeness (QED) is 0.637. The molecule has 1 aromatic carbocycles. The van der Waals surface area contributed by atoms with Crippen LogP contribution < -0.4 is 10.0 Å². The molecule has 2 heterocycles. The predicted octanol–water partition coefficient (Wildman–Crippen LogP) is 4.16. The molecule has 1 aliphatic carbocycles. The number of rotatable bonds is 6. The Bertz CT molecular complexity index is 1090. The first kappa shape index (κ1) is 23.8. The molecule has 2 aromatic rings. The van der Waals surface area contributed by atoms with Crippen molar-refractivity contribution in [1.82, 2.24) is 10.2 Å². The number of thiophene rings is 1. The first-order valence-corrected chi connectivity index (χ1v) is 14.0. The van der Waals surface area contributed by atoms with E-state index in [1.807, 2.05) is 19.1 Å². The predicted molar refractivity (Wildman–Crippen MR) is 130 cm³/mol. The van der Waals surface area contributed by atoms with Crippen molar-refractivity contribution >= 4 is 38.9 Å². The minimum absolute atomic E-state index is 0.0134. The number of sulfonamides is 1. The molecule has 2 N–H and O–H groups in total. The molecular weight excluding hydrogens is 458 g/mol. The van der Waals surface area contributed by atoms with Crippen molar-refractivity contribution in [3.8, 4) is 0 Å². The van der Waals surface area contributed by atoms with E-state index < -0.39 is 10.0 Å². The number of aryl methyl sites for hydroxylation is 1. The lowest BCUT2D eigenvalue weighted by Crippen LogP contribution is -2.48. The number of amides is 2. The SMILES string of the molecule is Cc1ccc(NS(=O)(=O)c2ccsc2C(=O)N2CCCC(C(=O)NC3CCCCC3)C2)cc1. The average molecular weight is 490 g/mol. The lowest BCUT2D eigenvalue weighted by molar-refractivity contribution is -0.127. The Balaban J connectivity index is 1.44. The van der Waals surface area contributed by atoms with E-state index >= 15 is 0 Å². The number of piperidine rings is 1. The second kappa shape index (κ2) is 10.3. The Labute approximate surface area is 199 Å². The molecule has 33 heavy (non-hydrogen) atoms. The topological polar surface area (TPSA) is 95.6 Å². The van der Waals surface area contributed by atoms with E-state index in [1.54, 1.807) is 22.4 Å². The number of nitrogens with zero attached hydrogens (tertiary/aromatic N) is 1. The van der Waals surface area contributed by atoms with Gasteiger partial charge in [0.2, 0.25) is 5.91 Å². The normalized spacial score (nSPS) is 19.8. The Kier molecular flexibility index (Phi) is 7.38. The molecule has 0 bridgehead atoms. The monoisotopic (exact) mass is 489 g/mol. The summed E-state index contributed by atoms with van der Waals surface area (Å²) in [5, 5.41) is 4.79. The molecule has 4 rings (SSSR count). The number of carbonyl (C=O) groups excluding carboxylic acids is 2. The Morgan fingerprint density at radius 2 is 1.73 bits per heavy atom. The van der Waals surface area contributed by atoms with Crippen molar-refractivity contribution in [3.63, 3.8) is 0 Å². The number of likely N-dealkylation sites (tertiary alicyclic amines) is 1. The molecule has 2 aliphatic rings. The molecule has 0 spiro atoms. The molecule has 7 nitrogen and oxygen atoms in total. The molecule has 0 radical (unpaired) electrons. The third-order valence-corrected chi connectivity index (χ3v) is 8.90. The van der Waals surface area contributed by atoms with Gasteiger partial charge in [-0.1, -0.05) is 37.0 Å². The molecular formula is C24H31N3O4S2. The van der Waals surface area contributed by atoms with Crippen LogP contribution in [-0.4, -0.2) is 44.3 Å². The van der Waals surface area contributed by atoms with E-state index in [-0.39, 0.29) is 33.5 Å². The zero-order valence-electron chi connectivity index (χ0n) is 18.9. The first-order valence-electron chi connectivity index (χ1n) is 11.6. The summed E-state index contributed by atoms with van der Waals surface area (Å²) < 4.78 is 28.6. The van der Waals surface area contributed by atoms with Gasteiger partial charge in [0.05, 0.1) is 5.92 Å². The summed E-state index contributed by atoms with van der Waals surface area (Å²) in [6.07, 6.45) is 7.02. The standard InChI is InChI=1S/C24H31N3O4S2/c1-17-9-11-20(12-10-17)26-33(30,31)21-13-15-32-22(21)24(29)27-14-5-6-18(16-27)23(28)25-19-7-3-2-4-8-19/h9-13,15,18-19,26H,2-8,14,16H2,1H3,(H,25,28). The van der Waals surface area contributed by atoms with Gasteiger partial charge in [0, 0.05) is 24.8 Å². The highest BCUT2D eigenvalue weighted by molar-refractivity contribution is 7.93. The van der Waals surface area contributed by atoms with Crippen LogP contribution in [0.1, 0.15) is 60.2 Å². The number of anilines is 1. The fraction of sp³-hybridized carbons (Fsp3) is 0.500. The van der Waals surface area contributed by atoms with Crippen LogP contribution >= 0.6 is 11.3 Å². The zero-order chi connectivity index (χ0) is 23.4. The van der Waals surface area contributed by atoms with Crippen molar-refractivity contribution in [3.05, 3.63) is 46.2 Å².